The van der Waals surface area contributed by atoms with Gasteiger partial charge in [0.1, 0.15) is 0 Å². The summed E-state index contributed by atoms with van der Waals surface area (Å²) in [5, 5.41) is 0. The van der Waals surface area contributed by atoms with Gasteiger partial charge < -0.3 is 18.9 Å². The molecule has 20 heavy (non-hydrogen) atoms. The lowest BCUT2D eigenvalue weighted by atomic mass is 10.1. The van der Waals surface area contributed by atoms with Gasteiger partial charge in [0.05, 0.1) is 13.2 Å². The molecule has 0 aliphatic heterocycles. The van der Waals surface area contributed by atoms with E-state index in [1.165, 1.54) is 11.1 Å². The van der Waals surface area contributed by atoms with Gasteiger partial charge in [0, 0.05) is 40.6 Å². The summed E-state index contributed by atoms with van der Waals surface area (Å²) in [5.74, 6) is 0. The number of ether oxygens (including phenoxy) is 4. The molecule has 0 fully saturated rings. The van der Waals surface area contributed by atoms with Crippen LogP contribution in [0.4, 0.5) is 0 Å². The monoisotopic (exact) mass is 282 g/mol. The molecule has 0 bridgehead atoms. The molecule has 0 amide bonds. The molecule has 0 unspecified atom stereocenters. The highest BCUT2D eigenvalue weighted by atomic mass is 16.5. The minimum atomic E-state index is 0.640. The molecule has 0 saturated heterocycles. The van der Waals surface area contributed by atoms with E-state index in [1.54, 1.807) is 14.2 Å². The Hall–Kier alpha value is -0.940. The summed E-state index contributed by atoms with van der Waals surface area (Å²) in [6, 6.07) is 8.32. The summed E-state index contributed by atoms with van der Waals surface area (Å²) in [7, 11) is 3.41. The van der Waals surface area contributed by atoms with Gasteiger partial charge in [-0.05, 0) is 24.0 Å². The van der Waals surface area contributed by atoms with Crippen LogP contribution in [0.5, 0.6) is 0 Å². The number of hydrogen-bond acceptors (Lipinski definition) is 4. The van der Waals surface area contributed by atoms with Crippen LogP contribution in [-0.2, 0) is 32.2 Å². The van der Waals surface area contributed by atoms with Crippen molar-refractivity contribution in [3.63, 3.8) is 0 Å². The van der Waals surface area contributed by atoms with Crippen LogP contribution in [0.2, 0.25) is 0 Å². The van der Waals surface area contributed by atoms with Gasteiger partial charge in [-0.2, -0.15) is 0 Å². The van der Waals surface area contributed by atoms with E-state index >= 15 is 0 Å². The smallest absolute Gasteiger partial charge is 0.0716 e. The molecule has 1 aromatic carbocycles. The summed E-state index contributed by atoms with van der Waals surface area (Å²) < 4.78 is 21.2. The molecule has 4 nitrogen and oxygen atoms in total. The molecule has 0 aromatic heterocycles. The third-order valence-electron chi connectivity index (χ3n) is 2.80. The topological polar surface area (TPSA) is 36.9 Å². The van der Waals surface area contributed by atoms with Crippen LogP contribution in [0.15, 0.2) is 24.3 Å². The maximum Gasteiger partial charge on any atom is 0.0716 e. The summed E-state index contributed by atoms with van der Waals surface area (Å²) >= 11 is 0. The minimum Gasteiger partial charge on any atom is -0.385 e. The van der Waals surface area contributed by atoms with Crippen molar-refractivity contribution >= 4 is 0 Å². The predicted molar refractivity (Wildman–Crippen MR) is 78.7 cm³/mol. The molecule has 114 valence electrons. The largest absolute Gasteiger partial charge is 0.385 e. The zero-order valence-electron chi connectivity index (χ0n) is 12.6. The Morgan fingerprint density at radius 3 is 1.70 bits per heavy atom. The molecular formula is C16H26O4. The van der Waals surface area contributed by atoms with E-state index in [0.717, 1.165) is 39.3 Å². The van der Waals surface area contributed by atoms with Crippen molar-refractivity contribution in [1.82, 2.24) is 0 Å². The van der Waals surface area contributed by atoms with Crippen molar-refractivity contribution in [2.75, 3.05) is 40.6 Å². The lowest BCUT2D eigenvalue weighted by Crippen LogP contribution is -2.01. The van der Waals surface area contributed by atoms with Gasteiger partial charge >= 0.3 is 0 Å². The molecule has 0 aliphatic rings. The second-order valence-corrected chi connectivity index (χ2v) is 4.62. The normalized spacial score (nSPS) is 10.9. The van der Waals surface area contributed by atoms with Crippen molar-refractivity contribution in [2.24, 2.45) is 0 Å². The first kappa shape index (κ1) is 17.1. The lowest BCUT2D eigenvalue weighted by molar-refractivity contribution is 0.0902. The highest BCUT2D eigenvalue weighted by Gasteiger charge is 1.98. The number of benzene rings is 1. The third kappa shape index (κ3) is 8.27. The molecule has 1 rings (SSSR count). The van der Waals surface area contributed by atoms with Crippen LogP contribution in [0, 0.1) is 0 Å². The minimum absolute atomic E-state index is 0.640. The van der Waals surface area contributed by atoms with Crippen LogP contribution in [-0.4, -0.2) is 40.6 Å². The van der Waals surface area contributed by atoms with Gasteiger partial charge in [-0.3, -0.25) is 0 Å². The fraction of sp³-hybridized carbons (Fsp3) is 0.625. The van der Waals surface area contributed by atoms with Crippen molar-refractivity contribution in [3.8, 4) is 0 Å². The molecule has 4 heteroatoms. The van der Waals surface area contributed by atoms with E-state index in [9.17, 15) is 0 Å². The maximum atomic E-state index is 5.60. The van der Waals surface area contributed by atoms with Gasteiger partial charge in [-0.15, -0.1) is 0 Å². The summed E-state index contributed by atoms with van der Waals surface area (Å²) in [6.07, 6.45) is 1.86. The summed E-state index contributed by atoms with van der Waals surface area (Å²) in [6.45, 7) is 4.23. The first-order valence-electron chi connectivity index (χ1n) is 7.08. The average Bonchev–Trinajstić information content (AvgIpc) is 2.47. The maximum absolute atomic E-state index is 5.60. The molecule has 0 atom stereocenters. The number of rotatable bonds is 12. The van der Waals surface area contributed by atoms with E-state index in [-0.39, 0.29) is 0 Å². The van der Waals surface area contributed by atoms with Crippen LogP contribution in [0.25, 0.3) is 0 Å². The number of hydrogen-bond donors (Lipinski definition) is 0. The van der Waals surface area contributed by atoms with Crippen LogP contribution in [0.3, 0.4) is 0 Å². The predicted octanol–water partition coefficient (Wildman–Crippen LogP) is 2.79. The van der Waals surface area contributed by atoms with Crippen LogP contribution < -0.4 is 0 Å². The molecule has 1 aromatic rings. The zero-order valence-corrected chi connectivity index (χ0v) is 12.6. The molecule has 0 radical (unpaired) electrons. The summed E-state index contributed by atoms with van der Waals surface area (Å²) in [5.41, 5.74) is 2.36. The SMILES string of the molecule is COCCCOCc1cccc(COCCCOC)c1. The average molecular weight is 282 g/mol. The molecule has 0 aliphatic carbocycles. The Morgan fingerprint density at radius 1 is 0.750 bits per heavy atom. The molecule has 0 heterocycles. The highest BCUT2D eigenvalue weighted by molar-refractivity contribution is 5.22. The van der Waals surface area contributed by atoms with Crippen LogP contribution in [0.1, 0.15) is 24.0 Å². The Bertz CT molecular complexity index is 312. The van der Waals surface area contributed by atoms with Crippen molar-refractivity contribution in [1.29, 1.82) is 0 Å². The second-order valence-electron chi connectivity index (χ2n) is 4.62. The molecule has 0 spiro atoms. The fourth-order valence-electron chi connectivity index (χ4n) is 1.80. The van der Waals surface area contributed by atoms with Gasteiger partial charge in [0.15, 0.2) is 0 Å². The van der Waals surface area contributed by atoms with E-state index < -0.39 is 0 Å². The first-order valence-corrected chi connectivity index (χ1v) is 7.08. The Kier molecular flexibility index (Phi) is 10.1. The van der Waals surface area contributed by atoms with E-state index in [4.69, 9.17) is 18.9 Å². The lowest BCUT2D eigenvalue weighted by Gasteiger charge is -2.07. The van der Waals surface area contributed by atoms with E-state index in [2.05, 4.69) is 18.2 Å². The van der Waals surface area contributed by atoms with Crippen molar-refractivity contribution in [3.05, 3.63) is 35.4 Å². The molecule has 0 N–H and O–H groups in total. The first-order chi connectivity index (χ1) is 9.86. The highest BCUT2D eigenvalue weighted by Crippen LogP contribution is 2.08. The van der Waals surface area contributed by atoms with Gasteiger partial charge in [0.25, 0.3) is 0 Å². The molecule has 0 saturated carbocycles. The third-order valence-corrected chi connectivity index (χ3v) is 2.80. The summed E-state index contributed by atoms with van der Waals surface area (Å²) in [4.78, 5) is 0. The zero-order chi connectivity index (χ0) is 14.5. The van der Waals surface area contributed by atoms with Crippen LogP contribution >= 0.6 is 0 Å². The van der Waals surface area contributed by atoms with Gasteiger partial charge in [-0.1, -0.05) is 24.3 Å². The van der Waals surface area contributed by atoms with E-state index in [0.29, 0.717) is 13.2 Å². The van der Waals surface area contributed by atoms with Crippen molar-refractivity contribution in [2.45, 2.75) is 26.1 Å². The Balaban J connectivity index is 2.19. The fourth-order valence-corrected chi connectivity index (χ4v) is 1.80. The quantitative estimate of drug-likeness (QED) is 0.552. The van der Waals surface area contributed by atoms with E-state index in [1.807, 2.05) is 6.07 Å². The van der Waals surface area contributed by atoms with Gasteiger partial charge in [-0.25, -0.2) is 0 Å². The van der Waals surface area contributed by atoms with Gasteiger partial charge in [0.2, 0.25) is 0 Å². The Morgan fingerprint density at radius 2 is 1.25 bits per heavy atom. The molecular weight excluding hydrogens is 256 g/mol. The standard InChI is InChI=1S/C16H26O4/c1-17-8-4-10-19-13-15-6-3-7-16(12-15)14-20-11-5-9-18-2/h3,6-7,12H,4-5,8-11,13-14H2,1-2H3. The Labute approximate surface area is 122 Å². The van der Waals surface area contributed by atoms with Crippen molar-refractivity contribution < 1.29 is 18.9 Å². The second kappa shape index (κ2) is 11.9. The number of methoxy groups -OCH3 is 2.